The van der Waals surface area contributed by atoms with Crippen LogP contribution in [0.25, 0.3) is 28.1 Å². The summed E-state index contributed by atoms with van der Waals surface area (Å²) in [5.41, 5.74) is 8.25. The van der Waals surface area contributed by atoms with Crippen molar-refractivity contribution in [1.82, 2.24) is 57.6 Å². The first-order chi connectivity index (χ1) is 38.0. The van der Waals surface area contributed by atoms with Gasteiger partial charge in [-0.25, -0.2) is 41.5 Å². The van der Waals surface area contributed by atoms with Crippen molar-refractivity contribution in [2.45, 2.75) is 108 Å². The van der Waals surface area contributed by atoms with Gasteiger partial charge in [0.15, 0.2) is 5.78 Å². The number of pyridine rings is 3. The molecule has 14 heterocycles. The second-order valence-corrected chi connectivity index (χ2v) is 22.8. The number of halogens is 4. The van der Waals surface area contributed by atoms with E-state index < -0.39 is 29.3 Å². The van der Waals surface area contributed by atoms with E-state index in [0.717, 1.165) is 53.4 Å². The molecular weight excluding hydrogens is 1150 g/mol. The number of nitrogens with two attached hydrogens (primary N) is 1. The minimum absolute atomic E-state index is 0.000515. The van der Waals surface area contributed by atoms with Crippen LogP contribution in [-0.2, 0) is 26.7 Å². The van der Waals surface area contributed by atoms with Crippen molar-refractivity contribution >= 4 is 68.4 Å². The number of hydrogen-bond donors (Lipinski definition) is 2. The Balaban J connectivity index is 0.000000122. The molecule has 25 heteroatoms. The Morgan fingerprint density at radius 2 is 1.07 bits per heavy atom. The summed E-state index contributed by atoms with van der Waals surface area (Å²) in [6, 6.07) is 8.28. The van der Waals surface area contributed by atoms with Crippen LogP contribution in [0.2, 0.25) is 0 Å². The molecule has 21 nitrogen and oxygen atoms in total. The third-order valence-corrected chi connectivity index (χ3v) is 15.2. The van der Waals surface area contributed by atoms with E-state index in [1.807, 2.05) is 55.1 Å². The van der Waals surface area contributed by atoms with Gasteiger partial charge in [0.2, 0.25) is 23.3 Å². The van der Waals surface area contributed by atoms with Crippen molar-refractivity contribution < 1.29 is 51.6 Å². The van der Waals surface area contributed by atoms with Crippen molar-refractivity contribution in [2.75, 3.05) is 13.2 Å². The summed E-state index contributed by atoms with van der Waals surface area (Å²) in [5.74, 6) is -1.46. The molecule has 0 spiro atoms. The van der Waals surface area contributed by atoms with Crippen LogP contribution in [0, 0.1) is 21.0 Å². The smallest absolute Gasteiger partial charge is 0.339 e. The Morgan fingerprint density at radius 3 is 1.52 bits per heavy atom. The molecule has 2 saturated carbocycles. The van der Waals surface area contributed by atoms with Crippen LogP contribution in [0.3, 0.4) is 0 Å². The monoisotopic (exact) mass is 1210 g/mol. The summed E-state index contributed by atoms with van der Waals surface area (Å²) in [6.45, 7) is 13.6. The van der Waals surface area contributed by atoms with Crippen molar-refractivity contribution in [3.05, 3.63) is 153 Å². The molecule has 10 aromatic heterocycles. The summed E-state index contributed by atoms with van der Waals surface area (Å²) >= 11 is 2.25. The fraction of sp³-hybridized carbons (Fsp3) is 0.345. The minimum Gasteiger partial charge on any atom is -0.478 e. The van der Waals surface area contributed by atoms with Gasteiger partial charge in [-0.15, -0.1) is 0 Å². The van der Waals surface area contributed by atoms with E-state index in [4.69, 9.17) is 39.8 Å². The summed E-state index contributed by atoms with van der Waals surface area (Å²) < 4.78 is 72.8. The van der Waals surface area contributed by atoms with E-state index >= 15 is 0 Å². The molecule has 414 valence electrons. The van der Waals surface area contributed by atoms with Crippen LogP contribution in [-0.4, -0.2) is 117 Å². The van der Waals surface area contributed by atoms with Crippen LogP contribution in [0.5, 0.6) is 11.8 Å². The molecule has 6 fully saturated rings. The number of imidazole rings is 2. The SMILES string of the molecule is CC(C)Oc1nc2nc(C34COC(C)(C3)C4)cn2cc1CC(=O)c1cnn2cccc(F)c12.CC(C)Oc1nc2nc(C34COC(C)(C3)C4)cn2cc1I.NC(=O)c1cnn2cccc(F)c12.O=C(O)c1cnn2cccc(F)c12. The van der Waals surface area contributed by atoms with Crippen LogP contribution in [0.15, 0.2) is 98.4 Å². The highest BCUT2D eigenvalue weighted by Crippen LogP contribution is 2.59. The van der Waals surface area contributed by atoms with Crippen molar-refractivity contribution in [3.63, 3.8) is 0 Å². The maximum atomic E-state index is 14.4. The normalized spacial score (nSPS) is 21.4. The van der Waals surface area contributed by atoms with Gasteiger partial charge in [0.05, 0.1) is 81.3 Å². The number of carbonyl (C=O) groups excluding carboxylic acids is 2. The zero-order valence-corrected chi connectivity index (χ0v) is 46.3. The molecule has 16 rings (SSSR count). The summed E-state index contributed by atoms with van der Waals surface area (Å²) in [5, 5.41) is 20.3. The zero-order valence-electron chi connectivity index (χ0n) is 44.1. The van der Waals surface area contributed by atoms with E-state index in [-0.39, 0.29) is 79.7 Å². The number of nitrogens with zero attached hydrogens (tertiary/aromatic N) is 12. The fourth-order valence-corrected chi connectivity index (χ4v) is 11.8. The predicted molar refractivity (Wildman–Crippen MR) is 290 cm³/mol. The minimum atomic E-state index is -1.18. The van der Waals surface area contributed by atoms with Gasteiger partial charge >= 0.3 is 5.97 Å². The van der Waals surface area contributed by atoms with Gasteiger partial charge in [0.25, 0.3) is 5.91 Å². The Bertz CT molecular complexity index is 3990. The van der Waals surface area contributed by atoms with E-state index in [1.165, 1.54) is 62.5 Å². The van der Waals surface area contributed by atoms with Crippen molar-refractivity contribution in [1.29, 1.82) is 0 Å². The number of amides is 1. The number of ketones is 1. The fourth-order valence-electron chi connectivity index (χ4n) is 11.2. The van der Waals surface area contributed by atoms with E-state index in [1.54, 1.807) is 18.5 Å². The highest BCUT2D eigenvalue weighted by atomic mass is 127. The van der Waals surface area contributed by atoms with Crippen molar-refractivity contribution in [3.8, 4) is 11.8 Å². The van der Waals surface area contributed by atoms with Crippen LogP contribution in [0.4, 0.5) is 13.2 Å². The molecule has 4 bridgehead atoms. The number of carbonyl (C=O) groups is 3. The first-order valence-electron chi connectivity index (χ1n) is 25.5. The molecule has 0 aromatic carbocycles. The lowest BCUT2D eigenvalue weighted by atomic mass is 9.62. The molecule has 4 aliphatic heterocycles. The summed E-state index contributed by atoms with van der Waals surface area (Å²) in [4.78, 5) is 53.3. The number of aromatic carboxylic acids is 1. The highest BCUT2D eigenvalue weighted by molar-refractivity contribution is 14.1. The average Bonchev–Trinajstić information content (AvgIpc) is 4.43. The van der Waals surface area contributed by atoms with Gasteiger partial charge in [-0.2, -0.15) is 25.3 Å². The van der Waals surface area contributed by atoms with Gasteiger partial charge in [-0.3, -0.25) is 18.4 Å². The maximum absolute atomic E-state index is 14.4. The summed E-state index contributed by atoms with van der Waals surface area (Å²) in [6.07, 6.45) is 20.4. The molecule has 0 unspecified atom stereocenters. The zero-order chi connectivity index (χ0) is 56.6. The van der Waals surface area contributed by atoms with Gasteiger partial charge in [-0.05, 0) is 126 Å². The Kier molecular flexibility index (Phi) is 13.7. The van der Waals surface area contributed by atoms with Crippen LogP contribution >= 0.6 is 22.6 Å². The second-order valence-electron chi connectivity index (χ2n) is 21.6. The molecule has 6 aliphatic rings. The number of rotatable bonds is 11. The number of primary amides is 1. The van der Waals surface area contributed by atoms with Crippen LogP contribution in [0.1, 0.15) is 115 Å². The molecule has 1 amide bonds. The van der Waals surface area contributed by atoms with Gasteiger partial charge in [-0.1, -0.05) is 0 Å². The van der Waals surface area contributed by atoms with E-state index in [2.05, 4.69) is 67.9 Å². The van der Waals surface area contributed by atoms with Gasteiger partial charge < -0.3 is 29.8 Å². The lowest BCUT2D eigenvalue weighted by Crippen LogP contribution is -2.45. The standard InChI is InChI=1S/C24H24FN5O3.C15H18IN3O2.C8H6FN3O.C8H5FN2O2/c1-14(2)33-21-15(7-18(31)16-8-26-30-6-4-5-17(25)20(16)30)9-29-10-19(27-22(29)28-21)24-11-23(3,12-24)32-13-24;1-9(2)21-12-10(16)4-19-5-11(17-13(19)18-12)15-6-14(3,7-15)20-8-15;9-6-2-1-3-12-7(6)5(4-11-12)8(10)13;9-6-2-1-3-11-7(6)5(4-10-11)8(12)13/h4-6,8-10,14H,7,11-13H2,1-3H3;4-5,9H,6-8H2,1-3H3;1-4H,(H2,10,13);1-4H,(H,12,13). The van der Waals surface area contributed by atoms with Gasteiger partial charge in [0, 0.05) is 66.2 Å². The predicted octanol–water partition coefficient (Wildman–Crippen LogP) is 8.23. The lowest BCUT2D eigenvalue weighted by Gasteiger charge is -2.41. The third kappa shape index (κ3) is 9.94. The number of carboxylic acid groups (broad SMARTS) is 1. The third-order valence-electron chi connectivity index (χ3n) is 14.5. The molecule has 10 aromatic rings. The first-order valence-corrected chi connectivity index (χ1v) is 26.6. The Morgan fingerprint density at radius 1 is 0.650 bits per heavy atom. The topological polar surface area (TPSA) is 247 Å². The maximum Gasteiger partial charge on any atom is 0.339 e. The van der Waals surface area contributed by atoms with Gasteiger partial charge in [0.1, 0.15) is 39.6 Å². The molecule has 0 radical (unpaired) electrons. The molecule has 4 saturated heterocycles. The number of fused-ring (bicyclic) bond motifs is 7. The van der Waals surface area contributed by atoms with Crippen LogP contribution < -0.4 is 15.2 Å². The number of Topliss-reactive ketones (excluding diaryl/α,β-unsaturated/α-hetero) is 1. The molecule has 2 aliphatic carbocycles. The van der Waals surface area contributed by atoms with E-state index in [9.17, 15) is 27.6 Å². The molecule has 0 atom stereocenters. The van der Waals surface area contributed by atoms with E-state index in [0.29, 0.717) is 35.5 Å². The molecule has 80 heavy (non-hydrogen) atoms. The number of aromatic nitrogens is 12. The first kappa shape index (κ1) is 53.9. The van der Waals surface area contributed by atoms with Crippen molar-refractivity contribution in [2.24, 2.45) is 5.73 Å². The number of hydrogen-bond acceptors (Lipinski definition) is 14. The summed E-state index contributed by atoms with van der Waals surface area (Å²) in [7, 11) is 0. The number of ether oxygens (including phenoxy) is 4. The second kappa shape index (κ2) is 20.3. The average molecular weight is 1210 g/mol. The largest absolute Gasteiger partial charge is 0.478 e. The molecule has 3 N–H and O–H groups in total. The Hall–Kier alpha value is -8.04. The lowest BCUT2D eigenvalue weighted by molar-refractivity contribution is 0.0151. The quantitative estimate of drug-likeness (QED) is 0.0915. The number of carboxylic acids is 1. The Labute approximate surface area is 467 Å². The highest BCUT2D eigenvalue weighted by Gasteiger charge is 2.62. The molecular formula is C55H53F3IN13O8.